The first-order valence-corrected chi connectivity index (χ1v) is 11.4. The number of halogens is 1. The van der Waals surface area contributed by atoms with Crippen molar-refractivity contribution in [1.29, 1.82) is 0 Å². The summed E-state index contributed by atoms with van der Waals surface area (Å²) < 4.78 is 15.2. The fourth-order valence-electron chi connectivity index (χ4n) is 5.57. The van der Waals surface area contributed by atoms with Crippen LogP contribution in [0.1, 0.15) is 54.8 Å². The van der Waals surface area contributed by atoms with Gasteiger partial charge in [-0.3, -0.25) is 20.0 Å². The van der Waals surface area contributed by atoms with Crippen LogP contribution in [0.15, 0.2) is 17.1 Å². The smallest absolute Gasteiger partial charge is 0.220 e. The van der Waals surface area contributed by atoms with Crippen molar-refractivity contribution in [3.63, 3.8) is 0 Å². The highest BCUT2D eigenvalue weighted by molar-refractivity contribution is 6.08. The number of nitrogens with zero attached hydrogens (tertiary/aromatic N) is 3. The predicted octanol–water partition coefficient (Wildman–Crippen LogP) is -1.12. The van der Waals surface area contributed by atoms with Crippen molar-refractivity contribution in [3.05, 3.63) is 34.6 Å². The lowest BCUT2D eigenvalue weighted by molar-refractivity contribution is -0.159. The number of nitrogens with one attached hydrogen (secondary N) is 1. The van der Waals surface area contributed by atoms with E-state index in [9.17, 15) is 25.2 Å². The molecule has 0 aliphatic carbocycles. The van der Waals surface area contributed by atoms with Crippen molar-refractivity contribution >= 4 is 11.6 Å². The summed E-state index contributed by atoms with van der Waals surface area (Å²) in [5.74, 6) is -0.950. The molecule has 180 valence electrons. The Bertz CT molecular complexity index is 969. The SMILES string of the molecule is NC(=O)C1CCN(C2CN=C2c2cc3c(cc2F)C(O)N(C2CCC(O)NC2O)C3O)CC1. The average Bonchev–Trinajstić information content (AvgIpc) is 2.98. The molecule has 0 aromatic heterocycles. The molecule has 6 unspecified atom stereocenters. The van der Waals surface area contributed by atoms with Crippen LogP contribution in [0.4, 0.5) is 4.39 Å². The maximum Gasteiger partial charge on any atom is 0.220 e. The molecule has 0 bridgehead atoms. The van der Waals surface area contributed by atoms with E-state index >= 15 is 4.39 Å². The van der Waals surface area contributed by atoms with Gasteiger partial charge < -0.3 is 26.2 Å². The Kier molecular flexibility index (Phi) is 5.98. The summed E-state index contributed by atoms with van der Waals surface area (Å²) in [4.78, 5) is 19.4. The second kappa shape index (κ2) is 8.66. The van der Waals surface area contributed by atoms with Crippen LogP contribution in [-0.2, 0) is 4.79 Å². The third kappa shape index (κ3) is 3.87. The lowest BCUT2D eigenvalue weighted by Crippen LogP contribution is -2.57. The molecule has 1 amide bonds. The lowest BCUT2D eigenvalue weighted by atomic mass is 9.90. The Hall–Kier alpha value is -1.99. The number of likely N-dealkylation sites (tertiary alicyclic amines) is 1. The van der Waals surface area contributed by atoms with Crippen molar-refractivity contribution < 1.29 is 29.6 Å². The molecular weight excluding hydrogens is 433 g/mol. The second-order valence-electron chi connectivity index (χ2n) is 9.38. The molecule has 33 heavy (non-hydrogen) atoms. The molecule has 4 aliphatic heterocycles. The zero-order chi connectivity index (χ0) is 23.4. The number of piperidine rings is 2. The molecule has 1 aromatic rings. The molecule has 0 radical (unpaired) electrons. The zero-order valence-electron chi connectivity index (χ0n) is 18.1. The highest BCUT2D eigenvalue weighted by Crippen LogP contribution is 2.44. The van der Waals surface area contributed by atoms with Gasteiger partial charge in [-0.25, -0.2) is 9.29 Å². The molecule has 10 nitrogen and oxygen atoms in total. The fourth-order valence-corrected chi connectivity index (χ4v) is 5.57. The molecule has 4 heterocycles. The Morgan fingerprint density at radius 1 is 1.06 bits per heavy atom. The third-order valence-electron chi connectivity index (χ3n) is 7.54. The molecule has 0 spiro atoms. The molecule has 7 N–H and O–H groups in total. The number of rotatable bonds is 4. The van der Waals surface area contributed by atoms with Crippen LogP contribution in [0.5, 0.6) is 0 Å². The van der Waals surface area contributed by atoms with Gasteiger partial charge in [-0.05, 0) is 50.9 Å². The van der Waals surface area contributed by atoms with Gasteiger partial charge in [0, 0.05) is 22.6 Å². The maximum atomic E-state index is 15.2. The number of hydrogen-bond acceptors (Lipinski definition) is 9. The number of fused-ring (bicyclic) bond motifs is 1. The van der Waals surface area contributed by atoms with Crippen LogP contribution in [0.25, 0.3) is 0 Å². The van der Waals surface area contributed by atoms with Crippen LogP contribution in [0.2, 0.25) is 0 Å². The summed E-state index contributed by atoms with van der Waals surface area (Å²) in [7, 11) is 0. The number of aliphatic hydroxyl groups is 4. The molecule has 1 aromatic carbocycles. The molecule has 6 atom stereocenters. The van der Waals surface area contributed by atoms with Gasteiger partial charge in [0.1, 0.15) is 30.7 Å². The monoisotopic (exact) mass is 463 g/mol. The number of carbonyl (C=O) groups excluding carboxylic acids is 1. The molecule has 4 aliphatic rings. The number of nitrogens with two attached hydrogens (primary N) is 1. The summed E-state index contributed by atoms with van der Waals surface area (Å²) >= 11 is 0. The van der Waals surface area contributed by atoms with Crippen LogP contribution in [0.3, 0.4) is 0 Å². The van der Waals surface area contributed by atoms with Gasteiger partial charge in [0.15, 0.2) is 0 Å². The van der Waals surface area contributed by atoms with E-state index in [4.69, 9.17) is 5.73 Å². The molecule has 2 saturated heterocycles. The van der Waals surface area contributed by atoms with Gasteiger partial charge in [-0.1, -0.05) is 0 Å². The molecule has 0 saturated carbocycles. The average molecular weight is 464 g/mol. The molecule has 11 heteroatoms. The summed E-state index contributed by atoms with van der Waals surface area (Å²) in [6, 6.07) is 2.04. The van der Waals surface area contributed by atoms with Gasteiger partial charge in [-0.2, -0.15) is 0 Å². The molecular formula is C22H30FN5O5. The van der Waals surface area contributed by atoms with E-state index in [0.29, 0.717) is 56.6 Å². The minimum atomic E-state index is -1.29. The Balaban J connectivity index is 1.36. The van der Waals surface area contributed by atoms with Crippen molar-refractivity contribution in [2.75, 3.05) is 19.6 Å². The Morgan fingerprint density at radius 2 is 1.73 bits per heavy atom. The fraction of sp³-hybridized carbons (Fsp3) is 0.636. The van der Waals surface area contributed by atoms with Gasteiger partial charge in [-0.15, -0.1) is 0 Å². The van der Waals surface area contributed by atoms with Gasteiger partial charge in [0.25, 0.3) is 0 Å². The minimum absolute atomic E-state index is 0.0724. The standard InChI is InChI=1S/C22H30FN5O5/c23-14-8-12-11(21(32)28(22(12)33)15-1-2-17(29)26-20(15)31)7-13(14)18-16(9-25-18)27-5-3-10(4-6-27)19(24)30/h7-8,10,15-17,20-22,26,29,31-33H,1-6,9H2,(H2,24,30). The summed E-state index contributed by atoms with van der Waals surface area (Å²) in [6.07, 6.45) is -2.52. The van der Waals surface area contributed by atoms with Crippen molar-refractivity contribution in [2.24, 2.45) is 16.6 Å². The first kappa shape index (κ1) is 22.8. The minimum Gasteiger partial charge on any atom is -0.379 e. The second-order valence-corrected chi connectivity index (χ2v) is 9.38. The van der Waals surface area contributed by atoms with E-state index in [2.05, 4.69) is 15.2 Å². The Labute approximate surface area is 190 Å². The van der Waals surface area contributed by atoms with Gasteiger partial charge in [0.05, 0.1) is 24.3 Å². The first-order chi connectivity index (χ1) is 15.8. The van der Waals surface area contributed by atoms with Crippen LogP contribution in [-0.4, -0.2) is 86.0 Å². The molecule has 5 rings (SSSR count). The van der Waals surface area contributed by atoms with Crippen LogP contribution >= 0.6 is 0 Å². The van der Waals surface area contributed by atoms with E-state index in [-0.39, 0.29) is 29.0 Å². The normalized spacial score (nSPS) is 35.7. The number of amides is 1. The van der Waals surface area contributed by atoms with E-state index < -0.39 is 36.8 Å². The number of benzene rings is 1. The van der Waals surface area contributed by atoms with E-state index in [1.807, 2.05) is 0 Å². The summed E-state index contributed by atoms with van der Waals surface area (Å²) in [5, 5.41) is 44.4. The van der Waals surface area contributed by atoms with Crippen molar-refractivity contribution in [3.8, 4) is 0 Å². The van der Waals surface area contributed by atoms with Crippen LogP contribution in [0, 0.1) is 11.7 Å². The Morgan fingerprint density at radius 3 is 2.30 bits per heavy atom. The summed E-state index contributed by atoms with van der Waals surface area (Å²) in [5.41, 5.74) is 6.92. The predicted molar refractivity (Wildman–Crippen MR) is 115 cm³/mol. The third-order valence-corrected chi connectivity index (χ3v) is 7.54. The van der Waals surface area contributed by atoms with Crippen LogP contribution < -0.4 is 11.1 Å². The van der Waals surface area contributed by atoms with Crippen molar-refractivity contribution in [1.82, 2.24) is 15.1 Å². The highest BCUT2D eigenvalue weighted by atomic mass is 19.1. The van der Waals surface area contributed by atoms with E-state index in [1.54, 1.807) is 0 Å². The number of aliphatic hydroxyl groups excluding tert-OH is 4. The number of hydrogen-bond donors (Lipinski definition) is 6. The first-order valence-electron chi connectivity index (χ1n) is 11.4. The lowest BCUT2D eigenvalue weighted by Gasteiger charge is -2.40. The van der Waals surface area contributed by atoms with Gasteiger partial charge >= 0.3 is 0 Å². The van der Waals surface area contributed by atoms with E-state index in [0.717, 1.165) is 0 Å². The van der Waals surface area contributed by atoms with E-state index in [1.165, 1.54) is 17.0 Å². The number of primary amides is 1. The van der Waals surface area contributed by atoms with Crippen molar-refractivity contribution in [2.45, 2.75) is 62.7 Å². The topological polar surface area (TPSA) is 155 Å². The number of aliphatic imine (C=N–C) groups is 1. The van der Waals surface area contributed by atoms with Gasteiger partial charge in [0.2, 0.25) is 5.91 Å². The highest BCUT2D eigenvalue weighted by Gasteiger charge is 2.46. The maximum absolute atomic E-state index is 15.2. The number of carbonyl (C=O) groups is 1. The zero-order valence-corrected chi connectivity index (χ0v) is 18.1. The summed E-state index contributed by atoms with van der Waals surface area (Å²) in [6.45, 7) is 1.89. The molecule has 2 fully saturated rings. The quantitative estimate of drug-likeness (QED) is 0.328. The largest absolute Gasteiger partial charge is 0.379 e.